The average molecular weight is 293 g/mol. The first-order chi connectivity index (χ1) is 10.0. The number of rotatable bonds is 5. The van der Waals surface area contributed by atoms with Gasteiger partial charge in [0.1, 0.15) is 5.69 Å². The van der Waals surface area contributed by atoms with Gasteiger partial charge in [-0.1, -0.05) is 19.8 Å². The van der Waals surface area contributed by atoms with Gasteiger partial charge in [0.25, 0.3) is 5.91 Å². The van der Waals surface area contributed by atoms with Crippen LogP contribution in [0.25, 0.3) is 0 Å². The smallest absolute Gasteiger partial charge is 0.306 e. The van der Waals surface area contributed by atoms with Crippen LogP contribution in [0, 0.1) is 11.8 Å². The number of carbonyl (C=O) groups is 2. The average Bonchev–Trinajstić information content (AvgIpc) is 2.86. The van der Waals surface area contributed by atoms with Crippen molar-refractivity contribution in [2.24, 2.45) is 18.9 Å². The van der Waals surface area contributed by atoms with Crippen LogP contribution in [0.4, 0.5) is 0 Å². The molecule has 2 atom stereocenters. The summed E-state index contributed by atoms with van der Waals surface area (Å²) in [5.74, 6) is -1.24. The lowest BCUT2D eigenvalue weighted by molar-refractivity contribution is -0.144. The first kappa shape index (κ1) is 15.5. The summed E-state index contributed by atoms with van der Waals surface area (Å²) in [5, 5.41) is 16.4. The molecule has 1 saturated carbocycles. The number of aromatic nitrogens is 2. The van der Waals surface area contributed by atoms with Crippen molar-refractivity contribution in [1.29, 1.82) is 0 Å². The number of nitrogens with zero attached hydrogens (tertiary/aromatic N) is 2. The fraction of sp³-hybridized carbons (Fsp3) is 0.667. The summed E-state index contributed by atoms with van der Waals surface area (Å²) in [6.07, 6.45) is 4.36. The van der Waals surface area contributed by atoms with Crippen LogP contribution in [0.2, 0.25) is 0 Å². The maximum absolute atomic E-state index is 12.2. The van der Waals surface area contributed by atoms with Gasteiger partial charge in [0.05, 0.1) is 11.6 Å². The molecule has 0 radical (unpaired) electrons. The van der Waals surface area contributed by atoms with Crippen LogP contribution in [0.5, 0.6) is 0 Å². The van der Waals surface area contributed by atoms with Gasteiger partial charge >= 0.3 is 5.97 Å². The number of aliphatic carboxylic acids is 1. The topological polar surface area (TPSA) is 84.2 Å². The minimum Gasteiger partial charge on any atom is -0.481 e. The van der Waals surface area contributed by atoms with E-state index in [9.17, 15) is 14.7 Å². The molecule has 0 aliphatic heterocycles. The van der Waals surface area contributed by atoms with Crippen molar-refractivity contribution in [3.8, 4) is 0 Å². The van der Waals surface area contributed by atoms with E-state index in [2.05, 4.69) is 10.4 Å². The second-order valence-corrected chi connectivity index (χ2v) is 5.70. The Kier molecular flexibility index (Phi) is 4.98. The summed E-state index contributed by atoms with van der Waals surface area (Å²) < 4.78 is 1.57. The van der Waals surface area contributed by atoms with E-state index in [1.807, 2.05) is 6.92 Å². The number of carboxylic acids is 1. The van der Waals surface area contributed by atoms with E-state index in [-0.39, 0.29) is 17.7 Å². The number of hydrogen-bond acceptors (Lipinski definition) is 3. The number of aryl methyl sites for hydroxylation is 2. The largest absolute Gasteiger partial charge is 0.481 e. The Bertz CT molecular complexity index is 524. The van der Waals surface area contributed by atoms with E-state index >= 15 is 0 Å². The summed E-state index contributed by atoms with van der Waals surface area (Å²) >= 11 is 0. The Hall–Kier alpha value is -1.85. The van der Waals surface area contributed by atoms with Crippen LogP contribution in [0.15, 0.2) is 6.07 Å². The molecule has 2 N–H and O–H groups in total. The Labute approximate surface area is 124 Å². The van der Waals surface area contributed by atoms with E-state index in [0.29, 0.717) is 18.7 Å². The SMILES string of the molecule is CCc1cc(C(=O)NCC2CCCCC2C(=O)O)n(C)n1. The van der Waals surface area contributed by atoms with Crippen molar-refractivity contribution in [3.63, 3.8) is 0 Å². The highest BCUT2D eigenvalue weighted by Crippen LogP contribution is 2.29. The fourth-order valence-electron chi connectivity index (χ4n) is 3.00. The molecule has 2 rings (SSSR count). The van der Waals surface area contributed by atoms with Crippen molar-refractivity contribution in [2.75, 3.05) is 6.54 Å². The third kappa shape index (κ3) is 3.62. The molecular formula is C15H23N3O3. The molecule has 1 aromatic heterocycles. The molecule has 2 unspecified atom stereocenters. The Morgan fingerprint density at radius 2 is 2.14 bits per heavy atom. The quantitative estimate of drug-likeness (QED) is 0.863. The molecule has 116 valence electrons. The van der Waals surface area contributed by atoms with Gasteiger partial charge < -0.3 is 10.4 Å². The molecule has 0 spiro atoms. The predicted molar refractivity (Wildman–Crippen MR) is 78.0 cm³/mol. The highest BCUT2D eigenvalue weighted by Gasteiger charge is 2.31. The highest BCUT2D eigenvalue weighted by atomic mass is 16.4. The summed E-state index contributed by atoms with van der Waals surface area (Å²) in [5.41, 5.74) is 1.40. The minimum atomic E-state index is -0.747. The summed E-state index contributed by atoms with van der Waals surface area (Å²) in [6.45, 7) is 2.41. The van der Waals surface area contributed by atoms with Crippen molar-refractivity contribution < 1.29 is 14.7 Å². The van der Waals surface area contributed by atoms with E-state index in [0.717, 1.165) is 31.4 Å². The van der Waals surface area contributed by atoms with Crippen LogP contribution in [-0.2, 0) is 18.3 Å². The molecule has 6 nitrogen and oxygen atoms in total. The van der Waals surface area contributed by atoms with Crippen molar-refractivity contribution in [3.05, 3.63) is 17.5 Å². The predicted octanol–water partition coefficient (Wildman–Crippen LogP) is 1.60. The first-order valence-corrected chi connectivity index (χ1v) is 7.56. The standard InChI is InChI=1S/C15H23N3O3/c1-3-11-8-13(18(2)17-11)14(19)16-9-10-6-4-5-7-12(10)15(20)21/h8,10,12H,3-7,9H2,1-2H3,(H,16,19)(H,20,21). The summed E-state index contributed by atoms with van der Waals surface area (Å²) in [6, 6.07) is 1.78. The molecule has 21 heavy (non-hydrogen) atoms. The molecule has 0 saturated heterocycles. The number of carboxylic acid groups (broad SMARTS) is 1. The van der Waals surface area contributed by atoms with Crippen LogP contribution in [-0.4, -0.2) is 33.3 Å². The molecule has 1 aliphatic rings. The first-order valence-electron chi connectivity index (χ1n) is 7.56. The van der Waals surface area contributed by atoms with Gasteiger partial charge in [-0.3, -0.25) is 14.3 Å². The van der Waals surface area contributed by atoms with Crippen molar-refractivity contribution in [2.45, 2.75) is 39.0 Å². The van der Waals surface area contributed by atoms with Gasteiger partial charge in [0.2, 0.25) is 0 Å². The lowest BCUT2D eigenvalue weighted by atomic mass is 9.79. The Morgan fingerprint density at radius 3 is 2.76 bits per heavy atom. The molecule has 1 heterocycles. The van der Waals surface area contributed by atoms with E-state index in [1.165, 1.54) is 0 Å². The van der Waals surface area contributed by atoms with Gasteiger partial charge in [0, 0.05) is 13.6 Å². The monoisotopic (exact) mass is 293 g/mol. The third-order valence-electron chi connectivity index (χ3n) is 4.28. The Balaban J connectivity index is 1.96. The van der Waals surface area contributed by atoms with Gasteiger partial charge in [-0.05, 0) is 31.2 Å². The fourth-order valence-corrected chi connectivity index (χ4v) is 3.00. The van der Waals surface area contributed by atoms with Gasteiger partial charge in [-0.15, -0.1) is 0 Å². The van der Waals surface area contributed by atoms with E-state index in [4.69, 9.17) is 0 Å². The van der Waals surface area contributed by atoms with Crippen molar-refractivity contribution >= 4 is 11.9 Å². The van der Waals surface area contributed by atoms with Crippen LogP contribution < -0.4 is 5.32 Å². The van der Waals surface area contributed by atoms with Gasteiger partial charge in [-0.2, -0.15) is 5.10 Å². The highest BCUT2D eigenvalue weighted by molar-refractivity contribution is 5.92. The minimum absolute atomic E-state index is 0.0269. The van der Waals surface area contributed by atoms with Gasteiger partial charge in [-0.25, -0.2) is 0 Å². The maximum atomic E-state index is 12.2. The van der Waals surface area contributed by atoms with Crippen molar-refractivity contribution in [1.82, 2.24) is 15.1 Å². The molecule has 1 aliphatic carbocycles. The maximum Gasteiger partial charge on any atom is 0.306 e. The zero-order valence-electron chi connectivity index (χ0n) is 12.6. The zero-order valence-corrected chi connectivity index (χ0v) is 12.6. The number of nitrogens with one attached hydrogen (secondary N) is 1. The zero-order chi connectivity index (χ0) is 15.4. The molecule has 1 aromatic rings. The summed E-state index contributed by atoms with van der Waals surface area (Å²) in [7, 11) is 1.74. The second-order valence-electron chi connectivity index (χ2n) is 5.70. The van der Waals surface area contributed by atoms with Crippen LogP contribution in [0.3, 0.4) is 0 Å². The molecule has 0 bridgehead atoms. The Morgan fingerprint density at radius 1 is 1.43 bits per heavy atom. The number of carbonyl (C=O) groups excluding carboxylic acids is 1. The lowest BCUT2D eigenvalue weighted by Crippen LogP contribution is -2.37. The number of amides is 1. The third-order valence-corrected chi connectivity index (χ3v) is 4.28. The van der Waals surface area contributed by atoms with E-state index < -0.39 is 5.97 Å². The normalized spacial score (nSPS) is 22.0. The van der Waals surface area contributed by atoms with Crippen LogP contribution in [0.1, 0.15) is 48.8 Å². The summed E-state index contributed by atoms with van der Waals surface area (Å²) in [4.78, 5) is 23.4. The molecular weight excluding hydrogens is 270 g/mol. The molecule has 0 aromatic carbocycles. The van der Waals surface area contributed by atoms with Gasteiger partial charge in [0.15, 0.2) is 0 Å². The van der Waals surface area contributed by atoms with E-state index in [1.54, 1.807) is 17.8 Å². The lowest BCUT2D eigenvalue weighted by Gasteiger charge is -2.28. The second kappa shape index (κ2) is 6.74. The molecule has 1 fully saturated rings. The number of hydrogen-bond donors (Lipinski definition) is 2. The molecule has 6 heteroatoms. The van der Waals surface area contributed by atoms with Crippen LogP contribution >= 0.6 is 0 Å². The molecule has 1 amide bonds.